The number of carbonyl (C=O) groups excluding carboxylic acids is 1. The minimum atomic E-state index is -0.222. The summed E-state index contributed by atoms with van der Waals surface area (Å²) < 4.78 is 7.70. The third-order valence-electron chi connectivity index (χ3n) is 4.23. The molecular weight excluding hydrogens is 398 g/mol. The number of amides is 1. The van der Waals surface area contributed by atoms with Gasteiger partial charge in [0, 0.05) is 19.4 Å². The van der Waals surface area contributed by atoms with Gasteiger partial charge in [-0.25, -0.2) is 4.98 Å². The number of fused-ring (bicyclic) bond motifs is 1. The number of anilines is 1. The predicted octanol–water partition coefficient (Wildman–Crippen LogP) is 3.93. The van der Waals surface area contributed by atoms with Gasteiger partial charge in [0.25, 0.3) is 5.91 Å². The summed E-state index contributed by atoms with van der Waals surface area (Å²) in [6.45, 7) is 0.268. The van der Waals surface area contributed by atoms with Crippen molar-refractivity contribution >= 4 is 44.2 Å². The molecule has 0 aliphatic rings. The maximum Gasteiger partial charge on any atom is 0.278 e. The van der Waals surface area contributed by atoms with E-state index in [1.165, 1.54) is 16.0 Å². The molecule has 0 radical (unpaired) electrons. The Morgan fingerprint density at radius 3 is 2.79 bits per heavy atom. The number of aryl methyl sites for hydroxylation is 1. The molecule has 4 rings (SSSR count). The zero-order valence-electron chi connectivity index (χ0n) is 15.2. The Hall–Kier alpha value is -2.97. The molecule has 9 heteroatoms. The molecule has 3 heterocycles. The average molecular weight is 414 g/mol. The molecule has 3 aromatic heterocycles. The van der Waals surface area contributed by atoms with Crippen molar-refractivity contribution in [1.29, 1.82) is 0 Å². The molecule has 0 saturated heterocycles. The molecule has 0 spiro atoms. The van der Waals surface area contributed by atoms with Crippen LogP contribution in [0.2, 0.25) is 5.02 Å². The summed E-state index contributed by atoms with van der Waals surface area (Å²) in [5, 5.41) is 5.17. The van der Waals surface area contributed by atoms with E-state index in [9.17, 15) is 4.79 Å². The van der Waals surface area contributed by atoms with Gasteiger partial charge in [0.15, 0.2) is 5.13 Å². The first kappa shape index (κ1) is 18.4. The first-order valence-electron chi connectivity index (χ1n) is 8.41. The number of nitrogens with zero attached hydrogens (tertiary/aromatic N) is 5. The largest absolute Gasteiger partial charge is 0.494 e. The van der Waals surface area contributed by atoms with E-state index in [4.69, 9.17) is 16.3 Å². The van der Waals surface area contributed by atoms with Crippen molar-refractivity contribution in [2.45, 2.75) is 6.54 Å². The van der Waals surface area contributed by atoms with Crippen LogP contribution in [0.25, 0.3) is 10.2 Å². The Labute approximate surface area is 170 Å². The molecule has 0 bridgehead atoms. The highest BCUT2D eigenvalue weighted by Crippen LogP contribution is 2.39. The minimum absolute atomic E-state index is 0.222. The van der Waals surface area contributed by atoms with Crippen LogP contribution in [-0.2, 0) is 13.6 Å². The van der Waals surface area contributed by atoms with Crippen LogP contribution in [0.4, 0.5) is 5.13 Å². The lowest BCUT2D eigenvalue weighted by molar-refractivity contribution is 0.0975. The highest BCUT2D eigenvalue weighted by atomic mass is 35.5. The van der Waals surface area contributed by atoms with E-state index in [0.717, 1.165) is 10.4 Å². The van der Waals surface area contributed by atoms with Crippen LogP contribution in [0.3, 0.4) is 0 Å². The molecule has 0 unspecified atom stereocenters. The maximum absolute atomic E-state index is 13.3. The van der Waals surface area contributed by atoms with E-state index >= 15 is 0 Å². The van der Waals surface area contributed by atoms with Crippen LogP contribution in [0.15, 0.2) is 48.8 Å². The second-order valence-corrected chi connectivity index (χ2v) is 7.36. The number of hydrogen-bond acceptors (Lipinski definition) is 6. The smallest absolute Gasteiger partial charge is 0.278 e. The summed E-state index contributed by atoms with van der Waals surface area (Å²) in [4.78, 5) is 23.9. The number of hydrogen-bond donors (Lipinski definition) is 0. The molecular formula is C19H16ClN5O2S. The standard InChI is InChI=1S/C19H16ClN5O2S/c1-24-14(8-10-22-24)18(26)25(11-12-5-3-4-9-21-12)19-23-16-15(27-2)7-6-13(20)17(16)28-19/h3-10H,11H2,1-2H3. The lowest BCUT2D eigenvalue weighted by atomic mass is 10.3. The molecule has 28 heavy (non-hydrogen) atoms. The van der Waals surface area contributed by atoms with E-state index in [1.807, 2.05) is 18.2 Å². The predicted molar refractivity (Wildman–Crippen MR) is 109 cm³/mol. The number of benzene rings is 1. The number of pyridine rings is 1. The van der Waals surface area contributed by atoms with E-state index in [-0.39, 0.29) is 12.5 Å². The van der Waals surface area contributed by atoms with Gasteiger partial charge in [-0.3, -0.25) is 19.4 Å². The van der Waals surface area contributed by atoms with Gasteiger partial charge in [-0.15, -0.1) is 0 Å². The summed E-state index contributed by atoms with van der Waals surface area (Å²) in [6.07, 6.45) is 3.28. The number of halogens is 1. The van der Waals surface area contributed by atoms with Crippen molar-refractivity contribution in [1.82, 2.24) is 19.7 Å². The van der Waals surface area contributed by atoms with Gasteiger partial charge in [0.2, 0.25) is 0 Å². The topological polar surface area (TPSA) is 73.1 Å². The van der Waals surface area contributed by atoms with Crippen molar-refractivity contribution in [2.75, 3.05) is 12.0 Å². The lowest BCUT2D eigenvalue weighted by Gasteiger charge is -2.19. The highest BCUT2D eigenvalue weighted by molar-refractivity contribution is 7.23. The number of aromatic nitrogens is 4. The minimum Gasteiger partial charge on any atom is -0.494 e. The molecule has 1 amide bonds. The first-order chi connectivity index (χ1) is 13.6. The van der Waals surface area contributed by atoms with Crippen LogP contribution in [0, 0.1) is 0 Å². The van der Waals surface area contributed by atoms with E-state index in [0.29, 0.717) is 27.1 Å². The summed E-state index contributed by atoms with van der Waals surface area (Å²) in [5.74, 6) is 0.382. The maximum atomic E-state index is 13.3. The Bertz CT molecular complexity index is 1140. The molecule has 4 aromatic rings. The zero-order chi connectivity index (χ0) is 19.7. The lowest BCUT2D eigenvalue weighted by Crippen LogP contribution is -2.32. The SMILES string of the molecule is COc1ccc(Cl)c2sc(N(Cc3ccccn3)C(=O)c3ccnn3C)nc12. The third kappa shape index (κ3) is 3.32. The first-order valence-corrected chi connectivity index (χ1v) is 9.60. The molecule has 0 fully saturated rings. The monoisotopic (exact) mass is 413 g/mol. The van der Waals surface area contributed by atoms with Crippen LogP contribution in [0.1, 0.15) is 16.2 Å². The summed E-state index contributed by atoms with van der Waals surface area (Å²) in [6, 6.07) is 10.8. The van der Waals surface area contributed by atoms with Crippen molar-refractivity contribution in [2.24, 2.45) is 7.05 Å². The average Bonchev–Trinajstić information content (AvgIpc) is 3.34. The Morgan fingerprint density at radius 2 is 2.11 bits per heavy atom. The van der Waals surface area contributed by atoms with Gasteiger partial charge in [-0.1, -0.05) is 29.0 Å². The van der Waals surface area contributed by atoms with Crippen molar-refractivity contribution < 1.29 is 9.53 Å². The van der Waals surface area contributed by atoms with Gasteiger partial charge in [0.05, 0.1) is 29.1 Å². The van der Waals surface area contributed by atoms with Gasteiger partial charge in [-0.05, 0) is 30.3 Å². The van der Waals surface area contributed by atoms with Crippen molar-refractivity contribution in [3.05, 3.63) is 65.2 Å². The molecule has 0 aliphatic heterocycles. The van der Waals surface area contributed by atoms with E-state index in [1.54, 1.807) is 49.7 Å². The van der Waals surface area contributed by atoms with Crippen LogP contribution >= 0.6 is 22.9 Å². The Morgan fingerprint density at radius 1 is 1.25 bits per heavy atom. The molecule has 0 aliphatic carbocycles. The summed E-state index contributed by atoms with van der Waals surface area (Å²) >= 11 is 7.69. The Balaban J connectivity index is 1.83. The van der Waals surface area contributed by atoms with Crippen molar-refractivity contribution in [3.63, 3.8) is 0 Å². The van der Waals surface area contributed by atoms with Gasteiger partial charge in [0.1, 0.15) is 17.0 Å². The summed E-state index contributed by atoms with van der Waals surface area (Å²) in [5.41, 5.74) is 1.82. The normalized spacial score (nSPS) is 11.0. The fourth-order valence-electron chi connectivity index (χ4n) is 2.82. The molecule has 142 valence electrons. The Kier molecular flexibility index (Phi) is 4.97. The number of ether oxygens (including phenoxy) is 1. The van der Waals surface area contributed by atoms with Gasteiger partial charge >= 0.3 is 0 Å². The number of rotatable bonds is 5. The molecule has 0 atom stereocenters. The highest BCUT2D eigenvalue weighted by Gasteiger charge is 2.25. The van der Waals surface area contributed by atoms with Crippen LogP contribution in [-0.4, -0.2) is 32.8 Å². The molecule has 0 saturated carbocycles. The molecule has 7 nitrogen and oxygen atoms in total. The fraction of sp³-hybridized carbons (Fsp3) is 0.158. The quantitative estimate of drug-likeness (QED) is 0.495. The van der Waals surface area contributed by atoms with Gasteiger partial charge in [-0.2, -0.15) is 5.10 Å². The number of carbonyl (C=O) groups is 1. The molecule has 1 aromatic carbocycles. The van der Waals surface area contributed by atoms with Crippen LogP contribution in [0.5, 0.6) is 5.75 Å². The fourth-order valence-corrected chi connectivity index (χ4v) is 4.08. The van der Waals surface area contributed by atoms with E-state index in [2.05, 4.69) is 15.1 Å². The van der Waals surface area contributed by atoms with Crippen molar-refractivity contribution in [3.8, 4) is 5.75 Å². The second-order valence-electron chi connectivity index (χ2n) is 5.98. The van der Waals surface area contributed by atoms with Gasteiger partial charge < -0.3 is 4.74 Å². The number of thiazole rings is 1. The second kappa shape index (κ2) is 7.57. The summed E-state index contributed by atoms with van der Waals surface area (Å²) in [7, 11) is 3.30. The van der Waals surface area contributed by atoms with Crippen LogP contribution < -0.4 is 9.64 Å². The third-order valence-corrected chi connectivity index (χ3v) is 5.77. The van der Waals surface area contributed by atoms with E-state index < -0.39 is 0 Å². The number of methoxy groups -OCH3 is 1. The zero-order valence-corrected chi connectivity index (χ0v) is 16.7. The molecule has 0 N–H and O–H groups in total.